The number of hydrogen-bond donors (Lipinski definition) is 0. The van der Waals surface area contributed by atoms with Gasteiger partial charge in [-0.15, -0.1) is 0 Å². The fourth-order valence-electron chi connectivity index (χ4n) is 3.93. The first-order chi connectivity index (χ1) is 10.5. The lowest BCUT2D eigenvalue weighted by atomic mass is 10.1. The van der Waals surface area contributed by atoms with E-state index >= 15 is 0 Å². The van der Waals surface area contributed by atoms with Gasteiger partial charge < -0.3 is 9.13 Å². The van der Waals surface area contributed by atoms with Crippen molar-refractivity contribution in [3.05, 3.63) is 59.8 Å². The molecule has 0 amide bonds. The Kier molecular flexibility index (Phi) is 2.79. The minimum Gasteiger partial charge on any atom is -0.376 e. The van der Waals surface area contributed by atoms with E-state index < -0.39 is 8.24 Å². The molecule has 2 heterocycles. The summed E-state index contributed by atoms with van der Waals surface area (Å²) < 4.78 is 5.09. The van der Waals surface area contributed by atoms with Crippen molar-refractivity contribution in [2.24, 2.45) is 0 Å². The van der Waals surface area contributed by atoms with Gasteiger partial charge in [-0.25, -0.2) is 0 Å². The molecule has 0 saturated carbocycles. The molecule has 3 heteroatoms. The SMILES string of the molecule is Cc1cccc(C)c1N1Cn2ccc3cccc(c32)[Si]1(C)C. The van der Waals surface area contributed by atoms with Gasteiger partial charge >= 0.3 is 0 Å². The predicted octanol–water partition coefficient (Wildman–Crippen LogP) is 4.15. The summed E-state index contributed by atoms with van der Waals surface area (Å²) >= 11 is 0. The number of rotatable bonds is 1. The topological polar surface area (TPSA) is 8.17 Å². The molecule has 0 atom stereocenters. The van der Waals surface area contributed by atoms with E-state index in [0.29, 0.717) is 0 Å². The van der Waals surface area contributed by atoms with Gasteiger partial charge in [-0.2, -0.15) is 0 Å². The molecule has 0 unspecified atom stereocenters. The van der Waals surface area contributed by atoms with E-state index in [1.54, 1.807) is 5.19 Å². The average Bonchev–Trinajstić information content (AvgIpc) is 2.88. The number of nitrogens with zero attached hydrogens (tertiary/aromatic N) is 2. The Morgan fingerprint density at radius 2 is 1.59 bits per heavy atom. The van der Waals surface area contributed by atoms with Gasteiger partial charge in [-0.1, -0.05) is 36.4 Å². The zero-order valence-corrected chi connectivity index (χ0v) is 14.7. The maximum atomic E-state index is 2.68. The second-order valence-electron chi connectivity index (χ2n) is 6.90. The lowest BCUT2D eigenvalue weighted by Gasteiger charge is -2.44. The number of hydrogen-bond acceptors (Lipinski definition) is 1. The molecule has 0 bridgehead atoms. The Balaban J connectivity index is 1.98. The quantitative estimate of drug-likeness (QED) is 0.613. The van der Waals surface area contributed by atoms with Crippen LogP contribution in [0.5, 0.6) is 0 Å². The van der Waals surface area contributed by atoms with E-state index in [1.165, 1.54) is 27.7 Å². The summed E-state index contributed by atoms with van der Waals surface area (Å²) in [5.74, 6) is 0. The fourth-order valence-corrected chi connectivity index (χ4v) is 7.01. The molecule has 112 valence electrons. The number of aryl methyl sites for hydroxylation is 2. The fraction of sp³-hybridized carbons (Fsp3) is 0.263. The van der Waals surface area contributed by atoms with Crippen molar-refractivity contribution in [2.45, 2.75) is 33.6 Å². The number of para-hydroxylation sites is 2. The summed E-state index contributed by atoms with van der Waals surface area (Å²) in [6.07, 6.45) is 2.23. The number of anilines is 1. The van der Waals surface area contributed by atoms with Gasteiger partial charge in [0.2, 0.25) is 0 Å². The molecule has 2 aromatic carbocycles. The molecule has 0 spiro atoms. The molecule has 0 aliphatic carbocycles. The van der Waals surface area contributed by atoms with Crippen molar-refractivity contribution in [1.29, 1.82) is 0 Å². The molecule has 1 aliphatic heterocycles. The summed E-state index contributed by atoms with van der Waals surface area (Å²) in [6, 6.07) is 15.7. The third-order valence-electron chi connectivity index (χ3n) is 5.13. The Morgan fingerprint density at radius 1 is 0.909 bits per heavy atom. The zero-order chi connectivity index (χ0) is 15.5. The monoisotopic (exact) mass is 306 g/mol. The smallest absolute Gasteiger partial charge is 0.186 e. The summed E-state index contributed by atoms with van der Waals surface area (Å²) in [7, 11) is -1.73. The maximum absolute atomic E-state index is 2.68. The van der Waals surface area contributed by atoms with Crippen LogP contribution >= 0.6 is 0 Å². The first-order valence-corrected chi connectivity index (χ1v) is 10.9. The van der Waals surface area contributed by atoms with Gasteiger partial charge in [0.25, 0.3) is 0 Å². The first kappa shape index (κ1) is 13.6. The zero-order valence-electron chi connectivity index (χ0n) is 13.7. The van der Waals surface area contributed by atoms with Crippen LogP contribution in [0.25, 0.3) is 10.9 Å². The van der Waals surface area contributed by atoms with Gasteiger partial charge in [0.1, 0.15) is 0 Å². The van der Waals surface area contributed by atoms with Crippen LogP contribution in [-0.4, -0.2) is 12.8 Å². The molecule has 4 rings (SSSR count). The molecule has 0 N–H and O–H groups in total. The Bertz CT molecular complexity index is 856. The minimum atomic E-state index is -1.73. The average molecular weight is 306 g/mol. The molecule has 3 aromatic rings. The van der Waals surface area contributed by atoms with E-state index in [2.05, 4.69) is 84.7 Å². The summed E-state index contributed by atoms with van der Waals surface area (Å²) in [4.78, 5) is 0. The van der Waals surface area contributed by atoms with Crippen LogP contribution in [0.2, 0.25) is 13.1 Å². The summed E-state index contributed by atoms with van der Waals surface area (Å²) in [6.45, 7) is 10.4. The largest absolute Gasteiger partial charge is 0.376 e. The minimum absolute atomic E-state index is 0.964. The van der Waals surface area contributed by atoms with Crippen LogP contribution in [0, 0.1) is 13.8 Å². The predicted molar refractivity (Wildman–Crippen MR) is 97.4 cm³/mol. The van der Waals surface area contributed by atoms with Crippen molar-refractivity contribution in [1.82, 2.24) is 4.57 Å². The van der Waals surface area contributed by atoms with Crippen LogP contribution in [0.4, 0.5) is 5.69 Å². The van der Waals surface area contributed by atoms with E-state index in [-0.39, 0.29) is 0 Å². The summed E-state index contributed by atoms with van der Waals surface area (Å²) in [5, 5.41) is 2.92. The third-order valence-corrected chi connectivity index (χ3v) is 8.56. The molecule has 2 nitrogen and oxygen atoms in total. The van der Waals surface area contributed by atoms with Crippen LogP contribution in [-0.2, 0) is 6.67 Å². The highest BCUT2D eigenvalue weighted by atomic mass is 28.3. The molecular formula is C19H22N2Si. The molecular weight excluding hydrogens is 284 g/mol. The van der Waals surface area contributed by atoms with Gasteiger partial charge in [0.05, 0.1) is 12.2 Å². The van der Waals surface area contributed by atoms with E-state index in [4.69, 9.17) is 0 Å². The van der Waals surface area contributed by atoms with Crippen LogP contribution in [0.15, 0.2) is 48.7 Å². The van der Waals surface area contributed by atoms with Crippen LogP contribution < -0.4 is 9.75 Å². The second kappa shape index (κ2) is 4.50. The molecule has 0 radical (unpaired) electrons. The van der Waals surface area contributed by atoms with Crippen molar-refractivity contribution < 1.29 is 0 Å². The van der Waals surface area contributed by atoms with Gasteiger partial charge in [-0.05, 0) is 54.7 Å². The molecule has 0 saturated heterocycles. The van der Waals surface area contributed by atoms with Gasteiger partial charge in [0.15, 0.2) is 8.24 Å². The Labute approximate surface area is 133 Å². The highest BCUT2D eigenvalue weighted by molar-refractivity contribution is 6.94. The highest BCUT2D eigenvalue weighted by Crippen LogP contribution is 2.33. The van der Waals surface area contributed by atoms with Crippen LogP contribution in [0.3, 0.4) is 0 Å². The second-order valence-corrected chi connectivity index (χ2v) is 11.1. The van der Waals surface area contributed by atoms with Gasteiger partial charge in [-0.3, -0.25) is 0 Å². The lowest BCUT2D eigenvalue weighted by Crippen LogP contribution is -2.62. The van der Waals surface area contributed by atoms with Crippen molar-refractivity contribution in [3.63, 3.8) is 0 Å². The molecule has 0 fully saturated rings. The number of aromatic nitrogens is 1. The number of benzene rings is 2. The van der Waals surface area contributed by atoms with Crippen LogP contribution in [0.1, 0.15) is 11.1 Å². The third kappa shape index (κ3) is 1.72. The maximum Gasteiger partial charge on any atom is 0.186 e. The van der Waals surface area contributed by atoms with Gasteiger partial charge in [0, 0.05) is 11.9 Å². The molecule has 1 aliphatic rings. The Hall–Kier alpha value is -2.00. The van der Waals surface area contributed by atoms with Crippen molar-refractivity contribution in [3.8, 4) is 0 Å². The Morgan fingerprint density at radius 3 is 2.32 bits per heavy atom. The summed E-state index contributed by atoms with van der Waals surface area (Å²) in [5.41, 5.74) is 5.63. The normalized spacial score (nSPS) is 16.3. The molecule has 1 aromatic heterocycles. The standard InChI is InChI=1S/C19H22N2Si/c1-14-7-5-8-15(2)18(14)21-13-20-12-11-16-9-6-10-17(19(16)20)22(21,3)4/h5-12H,13H2,1-4H3. The first-order valence-electron chi connectivity index (χ1n) is 7.92. The lowest BCUT2D eigenvalue weighted by molar-refractivity contribution is 0.739. The van der Waals surface area contributed by atoms with E-state index in [1.807, 2.05) is 0 Å². The van der Waals surface area contributed by atoms with E-state index in [0.717, 1.165) is 6.67 Å². The highest BCUT2D eigenvalue weighted by Gasteiger charge is 2.38. The molecule has 22 heavy (non-hydrogen) atoms. The van der Waals surface area contributed by atoms with Crippen molar-refractivity contribution >= 4 is 30.0 Å². The van der Waals surface area contributed by atoms with E-state index in [9.17, 15) is 0 Å². The van der Waals surface area contributed by atoms with Crippen molar-refractivity contribution in [2.75, 3.05) is 4.57 Å².